The maximum Gasteiger partial charge on any atom is 0.276 e. The Balaban J connectivity index is 1.36. The first-order valence-corrected chi connectivity index (χ1v) is 9.45. The number of ether oxygens (including phenoxy) is 1. The molecule has 0 bridgehead atoms. The fraction of sp³-hybridized carbons (Fsp3) is 0.286. The maximum atomic E-state index is 12.5. The summed E-state index contributed by atoms with van der Waals surface area (Å²) in [7, 11) is 0. The van der Waals surface area contributed by atoms with Crippen molar-refractivity contribution in [1.82, 2.24) is 20.1 Å². The molecule has 0 radical (unpaired) electrons. The van der Waals surface area contributed by atoms with Crippen LogP contribution >= 0.6 is 0 Å². The van der Waals surface area contributed by atoms with Crippen molar-refractivity contribution >= 4 is 11.6 Å². The largest absolute Gasteiger partial charge is 0.439 e. The van der Waals surface area contributed by atoms with Crippen molar-refractivity contribution in [1.29, 1.82) is 0 Å². The number of anilines is 1. The van der Waals surface area contributed by atoms with E-state index in [1.165, 1.54) is 5.56 Å². The second-order valence-electron chi connectivity index (χ2n) is 6.94. The monoisotopic (exact) mass is 377 g/mol. The van der Waals surface area contributed by atoms with Crippen LogP contribution in [0.25, 0.3) is 0 Å². The molecular weight excluding hydrogens is 354 g/mol. The quantitative estimate of drug-likeness (QED) is 0.711. The standard InChI is InChI=1S/C21H23N5O2/c1-15-4-7-18(8-5-15)28-20-9-6-16(13-23-20)24-21(27)19-10-12-26(25-19)17-3-2-11-22-14-17/h4-10,12-13,17,22H,2-3,11,14H2,1H3,(H,24,27). The molecule has 2 aromatic heterocycles. The average molecular weight is 377 g/mol. The highest BCUT2D eigenvalue weighted by atomic mass is 16.5. The van der Waals surface area contributed by atoms with E-state index in [-0.39, 0.29) is 5.91 Å². The van der Waals surface area contributed by atoms with E-state index in [0.717, 1.165) is 31.7 Å². The van der Waals surface area contributed by atoms with Gasteiger partial charge in [-0.15, -0.1) is 0 Å². The number of amides is 1. The molecule has 3 heterocycles. The highest BCUT2D eigenvalue weighted by Crippen LogP contribution is 2.21. The lowest BCUT2D eigenvalue weighted by molar-refractivity contribution is 0.102. The minimum Gasteiger partial charge on any atom is -0.439 e. The SMILES string of the molecule is Cc1ccc(Oc2ccc(NC(=O)c3ccn(C4CCCNC4)n3)cn2)cc1. The molecule has 1 atom stereocenters. The van der Waals surface area contributed by atoms with Crippen LogP contribution in [-0.2, 0) is 0 Å². The van der Waals surface area contributed by atoms with Crippen LogP contribution in [0.15, 0.2) is 54.9 Å². The zero-order valence-corrected chi connectivity index (χ0v) is 15.8. The molecule has 1 fully saturated rings. The van der Waals surface area contributed by atoms with Gasteiger partial charge >= 0.3 is 0 Å². The highest BCUT2D eigenvalue weighted by Gasteiger charge is 2.17. The van der Waals surface area contributed by atoms with Gasteiger partial charge in [-0.1, -0.05) is 17.7 Å². The van der Waals surface area contributed by atoms with Crippen LogP contribution in [-0.4, -0.2) is 33.8 Å². The van der Waals surface area contributed by atoms with Gasteiger partial charge in [0.15, 0.2) is 5.69 Å². The Morgan fingerprint density at radius 2 is 2.07 bits per heavy atom. The van der Waals surface area contributed by atoms with Gasteiger partial charge in [-0.3, -0.25) is 9.48 Å². The zero-order chi connectivity index (χ0) is 19.3. The summed E-state index contributed by atoms with van der Waals surface area (Å²) < 4.78 is 7.58. The predicted octanol–water partition coefficient (Wildman–Crippen LogP) is 3.56. The first-order chi connectivity index (χ1) is 13.7. The van der Waals surface area contributed by atoms with Crippen molar-refractivity contribution in [3.63, 3.8) is 0 Å². The Morgan fingerprint density at radius 3 is 2.79 bits per heavy atom. The number of carbonyl (C=O) groups is 1. The number of aryl methyl sites for hydroxylation is 1. The number of nitrogens with one attached hydrogen (secondary N) is 2. The van der Waals surface area contributed by atoms with E-state index in [9.17, 15) is 4.79 Å². The molecule has 0 aliphatic carbocycles. The lowest BCUT2D eigenvalue weighted by Gasteiger charge is -2.22. The Morgan fingerprint density at radius 1 is 1.21 bits per heavy atom. The van der Waals surface area contributed by atoms with Crippen molar-refractivity contribution in [3.05, 3.63) is 66.1 Å². The number of carbonyl (C=O) groups excluding carboxylic acids is 1. The molecule has 1 aliphatic heterocycles. The zero-order valence-electron chi connectivity index (χ0n) is 15.8. The van der Waals surface area contributed by atoms with Crippen molar-refractivity contribution in [3.8, 4) is 11.6 Å². The summed E-state index contributed by atoms with van der Waals surface area (Å²) in [6, 6.07) is 13.3. The van der Waals surface area contributed by atoms with Gasteiger partial charge in [0.1, 0.15) is 5.75 Å². The van der Waals surface area contributed by atoms with Crippen LogP contribution < -0.4 is 15.4 Å². The smallest absolute Gasteiger partial charge is 0.276 e. The van der Waals surface area contributed by atoms with Gasteiger partial charge < -0.3 is 15.4 Å². The predicted molar refractivity (Wildman–Crippen MR) is 107 cm³/mol. The third-order valence-corrected chi connectivity index (χ3v) is 4.72. The minimum absolute atomic E-state index is 0.253. The van der Waals surface area contributed by atoms with Crippen LogP contribution in [0.1, 0.15) is 34.9 Å². The molecule has 7 heteroatoms. The summed E-state index contributed by atoms with van der Waals surface area (Å²) in [6.45, 7) is 3.95. The number of pyridine rings is 1. The molecule has 0 saturated carbocycles. The molecule has 0 spiro atoms. The summed E-state index contributed by atoms with van der Waals surface area (Å²) in [5.74, 6) is 0.935. The first-order valence-electron chi connectivity index (χ1n) is 9.45. The van der Waals surface area contributed by atoms with Gasteiger partial charge in [0.25, 0.3) is 5.91 Å². The van der Waals surface area contributed by atoms with Gasteiger partial charge in [0, 0.05) is 18.8 Å². The molecule has 144 valence electrons. The Bertz CT molecular complexity index is 928. The van der Waals surface area contributed by atoms with E-state index in [1.54, 1.807) is 24.4 Å². The molecule has 28 heavy (non-hydrogen) atoms. The number of rotatable bonds is 5. The molecule has 1 aromatic carbocycles. The first kappa shape index (κ1) is 18.2. The van der Waals surface area contributed by atoms with Gasteiger partial charge in [-0.2, -0.15) is 5.10 Å². The molecule has 2 N–H and O–H groups in total. The Kier molecular flexibility index (Phi) is 5.34. The summed E-state index contributed by atoms with van der Waals surface area (Å²) in [6.07, 6.45) is 5.63. The lowest BCUT2D eigenvalue weighted by atomic mass is 10.1. The van der Waals surface area contributed by atoms with Crippen molar-refractivity contribution in [2.75, 3.05) is 18.4 Å². The average Bonchev–Trinajstić information content (AvgIpc) is 3.22. The number of benzene rings is 1. The summed E-state index contributed by atoms with van der Waals surface area (Å²) in [4.78, 5) is 16.7. The fourth-order valence-corrected chi connectivity index (χ4v) is 3.16. The molecule has 3 aromatic rings. The third-order valence-electron chi connectivity index (χ3n) is 4.72. The molecule has 7 nitrogen and oxygen atoms in total. The van der Waals surface area contributed by atoms with Crippen molar-refractivity contribution in [2.24, 2.45) is 0 Å². The number of nitrogens with zero attached hydrogens (tertiary/aromatic N) is 3. The Hall–Kier alpha value is -3.19. The highest BCUT2D eigenvalue weighted by molar-refractivity contribution is 6.02. The summed E-state index contributed by atoms with van der Waals surface area (Å²) in [5, 5.41) is 10.6. The molecular formula is C21H23N5O2. The number of aromatic nitrogens is 3. The molecule has 1 saturated heterocycles. The van der Waals surface area contributed by atoms with E-state index in [2.05, 4.69) is 20.7 Å². The third kappa shape index (κ3) is 4.37. The van der Waals surface area contributed by atoms with E-state index in [1.807, 2.05) is 42.1 Å². The van der Waals surface area contributed by atoms with Gasteiger partial charge in [-0.05, 0) is 50.6 Å². The van der Waals surface area contributed by atoms with Crippen LogP contribution in [0.3, 0.4) is 0 Å². The van der Waals surface area contributed by atoms with Gasteiger partial charge in [0.05, 0.1) is 17.9 Å². The molecule has 1 unspecified atom stereocenters. The van der Waals surface area contributed by atoms with Gasteiger partial charge in [0.2, 0.25) is 5.88 Å². The van der Waals surface area contributed by atoms with E-state index in [4.69, 9.17) is 4.74 Å². The van der Waals surface area contributed by atoms with E-state index >= 15 is 0 Å². The summed E-state index contributed by atoms with van der Waals surface area (Å²) >= 11 is 0. The maximum absolute atomic E-state index is 12.5. The number of piperidine rings is 1. The second-order valence-corrected chi connectivity index (χ2v) is 6.94. The van der Waals surface area contributed by atoms with E-state index in [0.29, 0.717) is 23.3 Å². The van der Waals surface area contributed by atoms with Gasteiger partial charge in [-0.25, -0.2) is 4.98 Å². The van der Waals surface area contributed by atoms with Crippen LogP contribution in [0.5, 0.6) is 11.6 Å². The summed E-state index contributed by atoms with van der Waals surface area (Å²) in [5.41, 5.74) is 2.15. The topological polar surface area (TPSA) is 81.1 Å². The lowest BCUT2D eigenvalue weighted by Crippen LogP contribution is -2.32. The number of hydrogen-bond donors (Lipinski definition) is 2. The molecule has 1 amide bonds. The second kappa shape index (κ2) is 8.22. The minimum atomic E-state index is -0.253. The van der Waals surface area contributed by atoms with E-state index < -0.39 is 0 Å². The molecule has 4 rings (SSSR count). The fourth-order valence-electron chi connectivity index (χ4n) is 3.16. The van der Waals surface area contributed by atoms with Crippen molar-refractivity contribution in [2.45, 2.75) is 25.8 Å². The molecule has 1 aliphatic rings. The Labute approximate surface area is 163 Å². The normalized spacial score (nSPS) is 16.5. The van der Waals surface area contributed by atoms with Crippen molar-refractivity contribution < 1.29 is 9.53 Å². The van der Waals surface area contributed by atoms with Crippen LogP contribution in [0, 0.1) is 6.92 Å². The van der Waals surface area contributed by atoms with Crippen LogP contribution in [0.2, 0.25) is 0 Å². The number of hydrogen-bond acceptors (Lipinski definition) is 5. The van der Waals surface area contributed by atoms with Crippen LogP contribution in [0.4, 0.5) is 5.69 Å².